The van der Waals surface area contributed by atoms with Crippen molar-refractivity contribution >= 4 is 28.2 Å². The molecule has 88 valence electrons. The Morgan fingerprint density at radius 2 is 1.94 bits per heavy atom. The molecular weight excluding hydrogens is 234 g/mol. The van der Waals surface area contributed by atoms with Gasteiger partial charge in [-0.3, -0.25) is 0 Å². The van der Waals surface area contributed by atoms with Gasteiger partial charge in [0.25, 0.3) is 0 Å². The maximum absolute atomic E-state index is 6.02. The Morgan fingerprint density at radius 3 is 2.71 bits per heavy atom. The van der Waals surface area contributed by atoms with Gasteiger partial charge in [-0.2, -0.15) is 0 Å². The summed E-state index contributed by atoms with van der Waals surface area (Å²) in [5, 5.41) is 13.9. The highest BCUT2D eigenvalue weighted by atomic mass is 35.5. The molecule has 3 rings (SSSR count). The minimum Gasteiger partial charge on any atom is -0.368 e. The van der Waals surface area contributed by atoms with Gasteiger partial charge in [0.1, 0.15) is 0 Å². The van der Waals surface area contributed by atoms with Crippen LogP contribution in [0.4, 0.5) is 5.82 Å². The lowest BCUT2D eigenvalue weighted by Crippen LogP contribution is -2.05. The van der Waals surface area contributed by atoms with E-state index in [-0.39, 0.29) is 0 Å². The van der Waals surface area contributed by atoms with Crippen LogP contribution in [0.15, 0.2) is 24.3 Å². The van der Waals surface area contributed by atoms with Gasteiger partial charge in [0.2, 0.25) is 0 Å². The lowest BCUT2D eigenvalue weighted by molar-refractivity contribution is 0.757. The number of nitrogens with one attached hydrogen (secondary N) is 1. The summed E-state index contributed by atoms with van der Waals surface area (Å²) in [6, 6.07) is 7.95. The number of hydrogen-bond donors (Lipinski definition) is 1. The van der Waals surface area contributed by atoms with Gasteiger partial charge in [0, 0.05) is 17.3 Å². The van der Waals surface area contributed by atoms with E-state index in [0.29, 0.717) is 5.15 Å². The third-order valence-corrected chi connectivity index (χ3v) is 3.46. The van der Waals surface area contributed by atoms with Crippen LogP contribution in [0, 0.1) is 5.92 Å². The molecular formula is C13H14ClN3. The normalized spacial score (nSPS) is 15.1. The first-order valence-corrected chi connectivity index (χ1v) is 6.37. The van der Waals surface area contributed by atoms with Gasteiger partial charge < -0.3 is 5.32 Å². The van der Waals surface area contributed by atoms with Gasteiger partial charge in [-0.25, -0.2) is 0 Å². The van der Waals surface area contributed by atoms with Gasteiger partial charge in [-0.15, -0.1) is 10.2 Å². The van der Waals surface area contributed by atoms with Gasteiger partial charge >= 0.3 is 0 Å². The molecule has 0 atom stereocenters. The van der Waals surface area contributed by atoms with Crippen molar-refractivity contribution in [3.63, 3.8) is 0 Å². The Hall–Kier alpha value is -1.35. The van der Waals surface area contributed by atoms with Crippen LogP contribution in [0.5, 0.6) is 0 Å². The van der Waals surface area contributed by atoms with Crippen LogP contribution in [-0.4, -0.2) is 16.7 Å². The Morgan fingerprint density at radius 1 is 1.18 bits per heavy atom. The van der Waals surface area contributed by atoms with Crippen molar-refractivity contribution in [1.29, 1.82) is 0 Å². The summed E-state index contributed by atoms with van der Waals surface area (Å²) in [7, 11) is 0. The van der Waals surface area contributed by atoms with E-state index in [1.54, 1.807) is 0 Å². The van der Waals surface area contributed by atoms with Crippen molar-refractivity contribution in [2.24, 2.45) is 5.92 Å². The average Bonchev–Trinajstić information content (AvgIpc) is 3.17. The maximum atomic E-state index is 6.02. The molecule has 1 aliphatic rings. The monoisotopic (exact) mass is 247 g/mol. The number of anilines is 1. The van der Waals surface area contributed by atoms with Crippen LogP contribution >= 0.6 is 11.6 Å². The van der Waals surface area contributed by atoms with E-state index in [9.17, 15) is 0 Å². The summed E-state index contributed by atoms with van der Waals surface area (Å²) in [5.41, 5.74) is 0. The summed E-state index contributed by atoms with van der Waals surface area (Å²) in [6.07, 6.45) is 3.99. The molecule has 1 aromatic heterocycles. The molecule has 1 N–H and O–H groups in total. The Kier molecular flexibility index (Phi) is 2.85. The highest BCUT2D eigenvalue weighted by Gasteiger charge is 2.20. The van der Waals surface area contributed by atoms with Gasteiger partial charge in [0.15, 0.2) is 11.0 Å². The molecule has 0 saturated heterocycles. The van der Waals surface area contributed by atoms with Crippen molar-refractivity contribution in [3.05, 3.63) is 29.4 Å². The highest BCUT2D eigenvalue weighted by molar-refractivity contribution is 6.34. The number of benzene rings is 1. The fourth-order valence-corrected chi connectivity index (χ4v) is 2.21. The Labute approximate surface area is 105 Å². The number of halogens is 1. The molecule has 0 aliphatic heterocycles. The Bertz CT molecular complexity index is 537. The predicted molar refractivity (Wildman–Crippen MR) is 70.4 cm³/mol. The summed E-state index contributed by atoms with van der Waals surface area (Å²) in [6.45, 7) is 0.963. The molecule has 2 aromatic rings. The summed E-state index contributed by atoms with van der Waals surface area (Å²) < 4.78 is 0. The van der Waals surface area contributed by atoms with E-state index >= 15 is 0 Å². The van der Waals surface area contributed by atoms with Crippen molar-refractivity contribution < 1.29 is 0 Å². The number of rotatable bonds is 4. The predicted octanol–water partition coefficient (Wildman–Crippen LogP) is 3.50. The summed E-state index contributed by atoms with van der Waals surface area (Å²) in [5.74, 6) is 1.76. The standard InChI is InChI=1S/C13H14ClN3/c14-12-10-3-1-2-4-11(10)13(17-16-12)15-8-7-9-5-6-9/h1-4,9H,5-8H2,(H,15,17). The molecule has 0 amide bonds. The number of aromatic nitrogens is 2. The molecule has 0 unspecified atom stereocenters. The molecule has 3 nitrogen and oxygen atoms in total. The third kappa shape index (κ3) is 2.34. The van der Waals surface area contributed by atoms with Gasteiger partial charge in [-0.05, 0) is 12.3 Å². The first-order valence-electron chi connectivity index (χ1n) is 5.99. The average molecular weight is 248 g/mol. The lowest BCUT2D eigenvalue weighted by Gasteiger charge is -2.08. The van der Waals surface area contributed by atoms with Crippen molar-refractivity contribution in [2.45, 2.75) is 19.3 Å². The van der Waals surface area contributed by atoms with Crippen LogP contribution in [0.3, 0.4) is 0 Å². The Balaban J connectivity index is 1.84. The number of fused-ring (bicyclic) bond motifs is 1. The van der Waals surface area contributed by atoms with Gasteiger partial charge in [0.05, 0.1) is 0 Å². The highest BCUT2D eigenvalue weighted by Crippen LogP contribution is 2.32. The quantitative estimate of drug-likeness (QED) is 0.899. The lowest BCUT2D eigenvalue weighted by atomic mass is 10.2. The largest absolute Gasteiger partial charge is 0.368 e. The van der Waals surface area contributed by atoms with Crippen LogP contribution in [-0.2, 0) is 0 Å². The molecule has 1 fully saturated rings. The molecule has 1 heterocycles. The summed E-state index contributed by atoms with van der Waals surface area (Å²) >= 11 is 6.02. The first kappa shape index (κ1) is 10.8. The second-order valence-corrected chi connectivity index (χ2v) is 4.90. The molecule has 17 heavy (non-hydrogen) atoms. The van der Waals surface area contributed by atoms with Gasteiger partial charge in [-0.1, -0.05) is 48.7 Å². The van der Waals surface area contributed by atoms with Crippen LogP contribution < -0.4 is 5.32 Å². The smallest absolute Gasteiger partial charge is 0.159 e. The van der Waals surface area contributed by atoms with Crippen LogP contribution in [0.25, 0.3) is 10.8 Å². The fourth-order valence-electron chi connectivity index (χ4n) is 2.00. The fraction of sp³-hybridized carbons (Fsp3) is 0.385. The third-order valence-electron chi connectivity index (χ3n) is 3.18. The SMILES string of the molecule is Clc1nnc(NCCC2CC2)c2ccccc12. The molecule has 0 radical (unpaired) electrons. The van der Waals surface area contributed by atoms with E-state index in [1.165, 1.54) is 19.3 Å². The van der Waals surface area contributed by atoms with Crippen LogP contribution in [0.1, 0.15) is 19.3 Å². The first-order chi connectivity index (χ1) is 8.34. The van der Waals surface area contributed by atoms with Crippen molar-refractivity contribution in [2.75, 3.05) is 11.9 Å². The molecule has 0 spiro atoms. The second kappa shape index (κ2) is 4.49. The molecule has 1 saturated carbocycles. The van der Waals surface area contributed by atoms with E-state index < -0.39 is 0 Å². The van der Waals surface area contributed by atoms with E-state index in [4.69, 9.17) is 11.6 Å². The maximum Gasteiger partial charge on any atom is 0.159 e. The zero-order chi connectivity index (χ0) is 11.7. The second-order valence-electron chi connectivity index (χ2n) is 4.54. The van der Waals surface area contributed by atoms with E-state index in [2.05, 4.69) is 15.5 Å². The number of nitrogens with zero attached hydrogens (tertiary/aromatic N) is 2. The summed E-state index contributed by atoms with van der Waals surface area (Å²) in [4.78, 5) is 0. The molecule has 1 aromatic carbocycles. The molecule has 1 aliphatic carbocycles. The zero-order valence-electron chi connectivity index (χ0n) is 9.49. The molecule has 0 bridgehead atoms. The zero-order valence-corrected chi connectivity index (χ0v) is 10.2. The van der Waals surface area contributed by atoms with Crippen molar-refractivity contribution in [3.8, 4) is 0 Å². The van der Waals surface area contributed by atoms with Crippen molar-refractivity contribution in [1.82, 2.24) is 10.2 Å². The van der Waals surface area contributed by atoms with E-state index in [1.807, 2.05) is 24.3 Å². The minimum absolute atomic E-state index is 0.466. The van der Waals surface area contributed by atoms with Crippen LogP contribution in [0.2, 0.25) is 5.15 Å². The van der Waals surface area contributed by atoms with E-state index in [0.717, 1.165) is 29.1 Å². The minimum atomic E-state index is 0.466. The molecule has 4 heteroatoms. The topological polar surface area (TPSA) is 37.8 Å². The number of hydrogen-bond acceptors (Lipinski definition) is 3.